The lowest BCUT2D eigenvalue weighted by atomic mass is 10.2. The van der Waals surface area contributed by atoms with E-state index in [1.165, 1.54) is 12.8 Å². The Morgan fingerprint density at radius 3 is 2.30 bits per heavy atom. The summed E-state index contributed by atoms with van der Waals surface area (Å²) in [5.74, 6) is 0.208. The SMILES string of the molecule is NCC1(C2CC2)OCCO1. The Hall–Kier alpha value is -0.120. The van der Waals surface area contributed by atoms with Crippen LogP contribution < -0.4 is 5.73 Å². The first-order valence-electron chi connectivity index (χ1n) is 3.85. The van der Waals surface area contributed by atoms with Gasteiger partial charge in [0.25, 0.3) is 0 Å². The molecule has 0 aromatic rings. The van der Waals surface area contributed by atoms with Crippen LogP contribution in [-0.2, 0) is 9.47 Å². The lowest BCUT2D eigenvalue weighted by Gasteiger charge is -2.24. The number of rotatable bonds is 2. The fourth-order valence-corrected chi connectivity index (χ4v) is 1.51. The van der Waals surface area contributed by atoms with Crippen LogP contribution in [0.25, 0.3) is 0 Å². The van der Waals surface area contributed by atoms with Crippen LogP contribution in [-0.4, -0.2) is 25.5 Å². The minimum atomic E-state index is -0.375. The van der Waals surface area contributed by atoms with Crippen LogP contribution in [0.5, 0.6) is 0 Å². The molecule has 1 heterocycles. The Labute approximate surface area is 60.5 Å². The number of hydrogen-bond acceptors (Lipinski definition) is 3. The molecule has 1 saturated heterocycles. The summed E-state index contributed by atoms with van der Waals surface area (Å²) in [4.78, 5) is 0. The molecule has 3 heteroatoms. The average molecular weight is 143 g/mol. The van der Waals surface area contributed by atoms with Gasteiger partial charge in [-0.05, 0) is 12.8 Å². The summed E-state index contributed by atoms with van der Waals surface area (Å²) in [6, 6.07) is 0. The van der Waals surface area contributed by atoms with E-state index in [2.05, 4.69) is 0 Å². The molecule has 2 aliphatic rings. The molecule has 0 radical (unpaired) electrons. The summed E-state index contributed by atoms with van der Waals surface area (Å²) in [5.41, 5.74) is 5.56. The van der Waals surface area contributed by atoms with Crippen LogP contribution in [0.2, 0.25) is 0 Å². The Kier molecular flexibility index (Phi) is 1.44. The highest BCUT2D eigenvalue weighted by molar-refractivity contribution is 4.92. The maximum Gasteiger partial charge on any atom is 0.183 e. The van der Waals surface area contributed by atoms with Crippen molar-refractivity contribution in [3.63, 3.8) is 0 Å². The number of hydrogen-bond donors (Lipinski definition) is 1. The van der Waals surface area contributed by atoms with E-state index in [0.29, 0.717) is 25.7 Å². The lowest BCUT2D eigenvalue weighted by Crippen LogP contribution is -2.41. The number of nitrogens with two attached hydrogens (primary N) is 1. The second kappa shape index (κ2) is 2.19. The molecule has 2 rings (SSSR count). The van der Waals surface area contributed by atoms with Gasteiger partial charge in [0.15, 0.2) is 5.79 Å². The van der Waals surface area contributed by atoms with Gasteiger partial charge in [-0.3, -0.25) is 0 Å². The second-order valence-electron chi connectivity index (χ2n) is 2.99. The topological polar surface area (TPSA) is 44.5 Å². The van der Waals surface area contributed by atoms with E-state index in [0.717, 1.165) is 0 Å². The molecule has 10 heavy (non-hydrogen) atoms. The van der Waals surface area contributed by atoms with Crippen molar-refractivity contribution in [2.75, 3.05) is 19.8 Å². The van der Waals surface area contributed by atoms with Crippen molar-refractivity contribution in [1.29, 1.82) is 0 Å². The first-order valence-corrected chi connectivity index (χ1v) is 3.85. The van der Waals surface area contributed by atoms with Gasteiger partial charge in [-0.1, -0.05) is 0 Å². The summed E-state index contributed by atoms with van der Waals surface area (Å²) >= 11 is 0. The second-order valence-corrected chi connectivity index (χ2v) is 2.99. The predicted octanol–water partition coefficient (Wildman–Crippen LogP) is 0.0982. The van der Waals surface area contributed by atoms with Crippen molar-refractivity contribution in [2.45, 2.75) is 18.6 Å². The van der Waals surface area contributed by atoms with E-state index in [9.17, 15) is 0 Å². The van der Waals surface area contributed by atoms with Gasteiger partial charge in [0.2, 0.25) is 0 Å². The quantitative estimate of drug-likeness (QED) is 0.596. The standard InChI is InChI=1S/C7H13NO2/c8-5-7(6-1-2-6)9-3-4-10-7/h6H,1-5,8H2. The van der Waals surface area contributed by atoms with Gasteiger partial charge in [0.05, 0.1) is 13.2 Å². The van der Waals surface area contributed by atoms with E-state index >= 15 is 0 Å². The van der Waals surface area contributed by atoms with E-state index < -0.39 is 0 Å². The maximum absolute atomic E-state index is 5.56. The molecular formula is C7H13NO2. The highest BCUT2D eigenvalue weighted by Gasteiger charge is 2.48. The van der Waals surface area contributed by atoms with Crippen molar-refractivity contribution in [3.8, 4) is 0 Å². The van der Waals surface area contributed by atoms with Crippen molar-refractivity contribution < 1.29 is 9.47 Å². The molecule has 0 atom stereocenters. The van der Waals surface area contributed by atoms with Gasteiger partial charge < -0.3 is 15.2 Å². The molecule has 1 saturated carbocycles. The Bertz CT molecular complexity index is 128. The molecule has 0 aromatic heterocycles. The molecule has 0 amide bonds. The van der Waals surface area contributed by atoms with Crippen molar-refractivity contribution in [2.24, 2.45) is 11.7 Å². The largest absolute Gasteiger partial charge is 0.346 e. The predicted molar refractivity (Wildman–Crippen MR) is 36.4 cm³/mol. The lowest BCUT2D eigenvalue weighted by molar-refractivity contribution is -0.164. The Morgan fingerprint density at radius 1 is 1.30 bits per heavy atom. The molecule has 1 aliphatic carbocycles. The minimum absolute atomic E-state index is 0.375. The summed E-state index contributed by atoms with van der Waals surface area (Å²) in [6.07, 6.45) is 2.44. The molecule has 0 bridgehead atoms. The summed E-state index contributed by atoms with van der Waals surface area (Å²) in [7, 11) is 0. The molecule has 0 aromatic carbocycles. The summed E-state index contributed by atoms with van der Waals surface area (Å²) in [6.45, 7) is 1.94. The zero-order valence-corrected chi connectivity index (χ0v) is 6.01. The van der Waals surface area contributed by atoms with Crippen LogP contribution in [0, 0.1) is 5.92 Å². The van der Waals surface area contributed by atoms with Crippen molar-refractivity contribution in [1.82, 2.24) is 0 Å². The number of ether oxygens (including phenoxy) is 2. The molecule has 58 valence electrons. The van der Waals surface area contributed by atoms with Gasteiger partial charge >= 0.3 is 0 Å². The maximum atomic E-state index is 5.56. The highest BCUT2D eigenvalue weighted by Crippen LogP contribution is 2.43. The Morgan fingerprint density at radius 2 is 1.90 bits per heavy atom. The normalized spacial score (nSPS) is 30.9. The molecule has 1 aliphatic heterocycles. The van der Waals surface area contributed by atoms with Gasteiger partial charge in [-0.15, -0.1) is 0 Å². The molecule has 0 unspecified atom stereocenters. The molecular weight excluding hydrogens is 130 g/mol. The fraction of sp³-hybridized carbons (Fsp3) is 1.00. The zero-order valence-electron chi connectivity index (χ0n) is 6.01. The van der Waals surface area contributed by atoms with Crippen molar-refractivity contribution in [3.05, 3.63) is 0 Å². The van der Waals surface area contributed by atoms with Gasteiger partial charge in [-0.25, -0.2) is 0 Å². The first-order chi connectivity index (χ1) is 4.87. The monoisotopic (exact) mass is 143 g/mol. The van der Waals surface area contributed by atoms with E-state index in [1.54, 1.807) is 0 Å². The third kappa shape index (κ3) is 0.856. The summed E-state index contributed by atoms with van der Waals surface area (Å²) < 4.78 is 10.9. The van der Waals surface area contributed by atoms with Crippen LogP contribution in [0.1, 0.15) is 12.8 Å². The van der Waals surface area contributed by atoms with Gasteiger partial charge in [0, 0.05) is 12.5 Å². The fourth-order valence-electron chi connectivity index (χ4n) is 1.51. The van der Waals surface area contributed by atoms with E-state index in [1.807, 2.05) is 0 Å². The van der Waals surface area contributed by atoms with Crippen LogP contribution in [0.3, 0.4) is 0 Å². The van der Waals surface area contributed by atoms with E-state index in [4.69, 9.17) is 15.2 Å². The van der Waals surface area contributed by atoms with Gasteiger partial charge in [-0.2, -0.15) is 0 Å². The van der Waals surface area contributed by atoms with Crippen LogP contribution >= 0.6 is 0 Å². The molecule has 0 spiro atoms. The zero-order chi connectivity index (χ0) is 7.03. The average Bonchev–Trinajstić information content (AvgIpc) is 2.71. The Balaban J connectivity index is 2.04. The van der Waals surface area contributed by atoms with Gasteiger partial charge in [0.1, 0.15) is 0 Å². The smallest absolute Gasteiger partial charge is 0.183 e. The molecule has 3 nitrogen and oxygen atoms in total. The van der Waals surface area contributed by atoms with Crippen LogP contribution in [0.15, 0.2) is 0 Å². The molecule has 2 N–H and O–H groups in total. The molecule has 2 fully saturated rings. The minimum Gasteiger partial charge on any atom is -0.346 e. The highest BCUT2D eigenvalue weighted by atomic mass is 16.7. The first kappa shape index (κ1) is 6.58. The van der Waals surface area contributed by atoms with E-state index in [-0.39, 0.29) is 5.79 Å². The summed E-state index contributed by atoms with van der Waals surface area (Å²) in [5, 5.41) is 0. The van der Waals surface area contributed by atoms with Crippen LogP contribution in [0.4, 0.5) is 0 Å². The van der Waals surface area contributed by atoms with Crippen molar-refractivity contribution >= 4 is 0 Å². The third-order valence-electron chi connectivity index (χ3n) is 2.26. The third-order valence-corrected chi connectivity index (χ3v) is 2.26.